The van der Waals surface area contributed by atoms with Gasteiger partial charge in [0.15, 0.2) is 0 Å². The first-order chi connectivity index (χ1) is 9.36. The molecule has 19 heavy (non-hydrogen) atoms. The molecule has 0 aromatic carbocycles. The van der Waals surface area contributed by atoms with Crippen LogP contribution in [0, 0.1) is 5.92 Å². The van der Waals surface area contributed by atoms with E-state index < -0.39 is 0 Å². The molecule has 3 saturated heterocycles. The second-order valence-corrected chi connectivity index (χ2v) is 6.46. The van der Waals surface area contributed by atoms with Gasteiger partial charge in [0.05, 0.1) is 6.61 Å². The Morgan fingerprint density at radius 2 is 2.05 bits per heavy atom. The van der Waals surface area contributed by atoms with Crippen molar-refractivity contribution in [3.63, 3.8) is 0 Å². The van der Waals surface area contributed by atoms with E-state index in [1.54, 1.807) is 0 Å². The molecule has 3 rings (SSSR count). The number of likely N-dealkylation sites (N-methyl/N-ethyl adjacent to an activating group) is 1. The molecule has 0 aliphatic carbocycles. The van der Waals surface area contributed by atoms with Crippen molar-refractivity contribution in [2.24, 2.45) is 5.92 Å². The van der Waals surface area contributed by atoms with E-state index in [1.165, 1.54) is 58.4 Å². The van der Waals surface area contributed by atoms with Crippen LogP contribution < -0.4 is 5.32 Å². The van der Waals surface area contributed by atoms with Crippen LogP contribution >= 0.6 is 0 Å². The molecule has 0 amide bonds. The van der Waals surface area contributed by atoms with E-state index in [0.29, 0.717) is 6.04 Å². The molecule has 0 radical (unpaired) electrons. The van der Waals surface area contributed by atoms with Crippen molar-refractivity contribution in [3.8, 4) is 0 Å². The van der Waals surface area contributed by atoms with Crippen molar-refractivity contribution in [2.75, 3.05) is 53.0 Å². The summed E-state index contributed by atoms with van der Waals surface area (Å²) in [6.45, 7) is 8.36. The normalized spacial score (nSPS) is 35.2. The Bertz CT molecular complexity index is 275. The van der Waals surface area contributed by atoms with Gasteiger partial charge in [-0.25, -0.2) is 0 Å². The van der Waals surface area contributed by atoms with Gasteiger partial charge in [-0.2, -0.15) is 0 Å². The zero-order valence-electron chi connectivity index (χ0n) is 12.3. The fraction of sp³-hybridized carbons (Fsp3) is 1.00. The lowest BCUT2D eigenvalue weighted by molar-refractivity contribution is 0.165. The molecule has 3 aliphatic heterocycles. The lowest BCUT2D eigenvalue weighted by Gasteiger charge is -2.28. The highest BCUT2D eigenvalue weighted by atomic mass is 16.5. The van der Waals surface area contributed by atoms with Crippen LogP contribution in [0.5, 0.6) is 0 Å². The minimum atomic E-state index is 0.611. The Balaban J connectivity index is 1.47. The number of rotatable bonds is 5. The van der Waals surface area contributed by atoms with Crippen molar-refractivity contribution in [2.45, 2.75) is 37.8 Å². The fourth-order valence-electron chi connectivity index (χ4n) is 4.01. The lowest BCUT2D eigenvalue weighted by Crippen LogP contribution is -2.45. The SMILES string of the molecule is CNC(CN1CCC(N2CCCC2)C1)C1CCOC1. The molecule has 4 nitrogen and oxygen atoms in total. The molecule has 1 N–H and O–H groups in total. The highest BCUT2D eigenvalue weighted by Crippen LogP contribution is 2.23. The van der Waals surface area contributed by atoms with E-state index >= 15 is 0 Å². The average molecular weight is 267 g/mol. The summed E-state index contributed by atoms with van der Waals surface area (Å²) in [5.41, 5.74) is 0. The second kappa shape index (κ2) is 6.53. The summed E-state index contributed by atoms with van der Waals surface area (Å²) < 4.78 is 5.54. The van der Waals surface area contributed by atoms with Gasteiger partial charge < -0.3 is 15.0 Å². The topological polar surface area (TPSA) is 27.7 Å². The summed E-state index contributed by atoms with van der Waals surface area (Å²) in [6.07, 6.45) is 5.43. The van der Waals surface area contributed by atoms with Gasteiger partial charge in [-0.15, -0.1) is 0 Å². The molecule has 0 spiro atoms. The van der Waals surface area contributed by atoms with Crippen molar-refractivity contribution in [3.05, 3.63) is 0 Å². The van der Waals surface area contributed by atoms with Crippen LogP contribution in [0.1, 0.15) is 25.7 Å². The number of likely N-dealkylation sites (tertiary alicyclic amines) is 2. The first-order valence-corrected chi connectivity index (χ1v) is 8.08. The number of hydrogen-bond acceptors (Lipinski definition) is 4. The molecule has 3 unspecified atom stereocenters. The molecular weight excluding hydrogens is 238 g/mol. The first kappa shape index (κ1) is 13.8. The largest absolute Gasteiger partial charge is 0.381 e. The molecule has 0 aromatic heterocycles. The molecule has 110 valence electrons. The molecule has 4 heteroatoms. The highest BCUT2D eigenvalue weighted by molar-refractivity contribution is 4.89. The van der Waals surface area contributed by atoms with Crippen molar-refractivity contribution < 1.29 is 4.74 Å². The van der Waals surface area contributed by atoms with Gasteiger partial charge in [0.25, 0.3) is 0 Å². The lowest BCUT2D eigenvalue weighted by atomic mass is 9.99. The van der Waals surface area contributed by atoms with Gasteiger partial charge in [-0.3, -0.25) is 4.90 Å². The van der Waals surface area contributed by atoms with E-state index in [0.717, 1.165) is 25.2 Å². The third-order valence-corrected chi connectivity index (χ3v) is 5.26. The number of nitrogens with zero attached hydrogens (tertiary/aromatic N) is 2. The molecular formula is C15H29N3O. The van der Waals surface area contributed by atoms with Crippen molar-refractivity contribution in [1.82, 2.24) is 15.1 Å². The van der Waals surface area contributed by atoms with E-state index in [4.69, 9.17) is 4.74 Å². The van der Waals surface area contributed by atoms with Crippen LogP contribution in [0.15, 0.2) is 0 Å². The molecule has 0 bridgehead atoms. The van der Waals surface area contributed by atoms with Crippen LogP contribution in [0.2, 0.25) is 0 Å². The van der Waals surface area contributed by atoms with Crippen LogP contribution in [0.4, 0.5) is 0 Å². The van der Waals surface area contributed by atoms with Crippen molar-refractivity contribution >= 4 is 0 Å². The molecule has 3 atom stereocenters. The summed E-state index contributed by atoms with van der Waals surface area (Å²) in [7, 11) is 2.11. The number of hydrogen-bond donors (Lipinski definition) is 1. The van der Waals surface area contributed by atoms with Gasteiger partial charge >= 0.3 is 0 Å². The van der Waals surface area contributed by atoms with Gasteiger partial charge in [-0.05, 0) is 52.4 Å². The zero-order chi connectivity index (χ0) is 13.1. The van der Waals surface area contributed by atoms with Gasteiger partial charge in [0.2, 0.25) is 0 Å². The molecule has 3 heterocycles. The third kappa shape index (κ3) is 3.30. The second-order valence-electron chi connectivity index (χ2n) is 6.46. The zero-order valence-corrected chi connectivity index (χ0v) is 12.3. The number of nitrogens with one attached hydrogen (secondary N) is 1. The van der Waals surface area contributed by atoms with Crippen LogP contribution in [-0.4, -0.2) is 74.9 Å². The monoisotopic (exact) mass is 267 g/mol. The van der Waals surface area contributed by atoms with E-state index in [1.807, 2.05) is 0 Å². The summed E-state index contributed by atoms with van der Waals surface area (Å²) in [5.74, 6) is 0.718. The van der Waals surface area contributed by atoms with Gasteiger partial charge in [0, 0.05) is 37.7 Å². The van der Waals surface area contributed by atoms with Gasteiger partial charge in [0.1, 0.15) is 0 Å². The molecule has 3 fully saturated rings. The Kier molecular flexibility index (Phi) is 4.74. The minimum absolute atomic E-state index is 0.611. The summed E-state index contributed by atoms with van der Waals surface area (Å²) in [4.78, 5) is 5.38. The van der Waals surface area contributed by atoms with Crippen molar-refractivity contribution in [1.29, 1.82) is 0 Å². The first-order valence-electron chi connectivity index (χ1n) is 8.08. The Morgan fingerprint density at radius 1 is 1.21 bits per heavy atom. The Labute approximate surface area is 117 Å². The quantitative estimate of drug-likeness (QED) is 0.797. The number of ether oxygens (including phenoxy) is 1. The highest BCUT2D eigenvalue weighted by Gasteiger charge is 2.32. The molecule has 0 saturated carbocycles. The van der Waals surface area contributed by atoms with Crippen LogP contribution in [-0.2, 0) is 4.74 Å². The average Bonchev–Trinajstić information content (AvgIpc) is 3.15. The summed E-state index contributed by atoms with van der Waals surface area (Å²) >= 11 is 0. The van der Waals surface area contributed by atoms with Crippen LogP contribution in [0.25, 0.3) is 0 Å². The van der Waals surface area contributed by atoms with Gasteiger partial charge in [-0.1, -0.05) is 0 Å². The summed E-state index contributed by atoms with van der Waals surface area (Å²) in [6, 6.07) is 1.44. The smallest absolute Gasteiger partial charge is 0.0510 e. The molecule has 0 aromatic rings. The Hall–Kier alpha value is -0.160. The fourth-order valence-corrected chi connectivity index (χ4v) is 4.01. The minimum Gasteiger partial charge on any atom is -0.381 e. The molecule has 3 aliphatic rings. The maximum atomic E-state index is 5.54. The Morgan fingerprint density at radius 3 is 2.74 bits per heavy atom. The predicted octanol–water partition coefficient (Wildman–Crippen LogP) is 0.781. The summed E-state index contributed by atoms with van der Waals surface area (Å²) in [5, 5.41) is 3.52. The maximum absolute atomic E-state index is 5.54. The maximum Gasteiger partial charge on any atom is 0.0510 e. The van der Waals surface area contributed by atoms with E-state index in [-0.39, 0.29) is 0 Å². The van der Waals surface area contributed by atoms with Crippen LogP contribution in [0.3, 0.4) is 0 Å². The predicted molar refractivity (Wildman–Crippen MR) is 77.4 cm³/mol. The third-order valence-electron chi connectivity index (χ3n) is 5.26. The van der Waals surface area contributed by atoms with E-state index in [9.17, 15) is 0 Å². The standard InChI is InChI=1S/C15H29N3O/c1-16-15(13-5-9-19-12-13)11-17-8-4-14(10-17)18-6-2-3-7-18/h13-16H,2-12H2,1H3. The van der Waals surface area contributed by atoms with E-state index in [2.05, 4.69) is 22.2 Å².